The van der Waals surface area contributed by atoms with E-state index < -0.39 is 0 Å². The number of likely N-dealkylation sites (tertiary alicyclic amines) is 1. The number of carbonyl (C=O) groups is 1. The third kappa shape index (κ3) is 3.94. The van der Waals surface area contributed by atoms with Gasteiger partial charge < -0.3 is 10.2 Å². The van der Waals surface area contributed by atoms with Crippen molar-refractivity contribution >= 4 is 33.6 Å². The van der Waals surface area contributed by atoms with E-state index in [0.29, 0.717) is 11.2 Å². The van der Waals surface area contributed by atoms with Crippen LogP contribution in [-0.2, 0) is 4.79 Å². The molecule has 1 amide bonds. The molecular weight excluding hydrogens is 372 g/mol. The van der Waals surface area contributed by atoms with Gasteiger partial charge in [-0.2, -0.15) is 0 Å². The maximum Gasteiger partial charge on any atom is 0.232 e. The van der Waals surface area contributed by atoms with Gasteiger partial charge in [-0.3, -0.25) is 4.79 Å². The molecule has 3 rings (SSSR count). The molecule has 0 aliphatic carbocycles. The summed E-state index contributed by atoms with van der Waals surface area (Å²) in [5.41, 5.74) is 2.93. The second kappa shape index (κ2) is 7.16. The van der Waals surface area contributed by atoms with Crippen molar-refractivity contribution in [3.63, 3.8) is 0 Å². The maximum absolute atomic E-state index is 12.5. The molecule has 1 spiro atoms. The lowest BCUT2D eigenvalue weighted by atomic mass is 9.78. The van der Waals surface area contributed by atoms with Crippen molar-refractivity contribution in [3.8, 4) is 0 Å². The zero-order valence-corrected chi connectivity index (χ0v) is 16.4. The largest absolute Gasteiger partial charge is 0.342 e. The zero-order chi connectivity index (χ0) is 16.4. The standard InChI is InChI=1S/C18H25BrN2OS/c1-13-10-16(14(2)9-15(13)19)23-11-17(22)21-7-4-18(5-8-21)3-6-20-12-18/h9-10,20H,3-8,11-12H2,1-2H3. The van der Waals surface area contributed by atoms with Crippen LogP contribution in [0, 0.1) is 19.3 Å². The molecule has 0 aromatic heterocycles. The minimum absolute atomic E-state index is 0.288. The fraction of sp³-hybridized carbons (Fsp3) is 0.611. The van der Waals surface area contributed by atoms with Crippen LogP contribution in [0.5, 0.6) is 0 Å². The predicted octanol–water partition coefficient (Wildman–Crippen LogP) is 3.76. The van der Waals surface area contributed by atoms with Gasteiger partial charge in [-0.1, -0.05) is 15.9 Å². The number of thioether (sulfide) groups is 1. The Bertz CT molecular complexity index is 589. The van der Waals surface area contributed by atoms with Gasteiger partial charge in [0.05, 0.1) is 5.75 Å². The summed E-state index contributed by atoms with van der Waals surface area (Å²) >= 11 is 5.23. The summed E-state index contributed by atoms with van der Waals surface area (Å²) in [6.07, 6.45) is 3.60. The molecule has 1 N–H and O–H groups in total. The summed E-state index contributed by atoms with van der Waals surface area (Å²) in [6.45, 7) is 8.34. The van der Waals surface area contributed by atoms with Crippen molar-refractivity contribution in [2.75, 3.05) is 31.9 Å². The first kappa shape index (κ1) is 17.3. The Morgan fingerprint density at radius 1 is 1.26 bits per heavy atom. The van der Waals surface area contributed by atoms with E-state index in [-0.39, 0.29) is 5.91 Å². The Labute approximate surface area is 151 Å². The van der Waals surface area contributed by atoms with Crippen LogP contribution < -0.4 is 5.32 Å². The van der Waals surface area contributed by atoms with Crippen molar-refractivity contribution in [2.45, 2.75) is 38.0 Å². The SMILES string of the molecule is Cc1cc(SCC(=O)N2CCC3(CCNC3)CC2)c(C)cc1Br. The molecule has 2 aliphatic heterocycles. The van der Waals surface area contributed by atoms with Crippen LogP contribution in [0.4, 0.5) is 0 Å². The normalized spacial score (nSPS) is 20.2. The summed E-state index contributed by atoms with van der Waals surface area (Å²) in [7, 11) is 0. The van der Waals surface area contributed by atoms with E-state index in [2.05, 4.69) is 52.1 Å². The van der Waals surface area contributed by atoms with E-state index >= 15 is 0 Å². The number of carbonyl (C=O) groups excluding carboxylic acids is 1. The average Bonchev–Trinajstić information content (AvgIpc) is 2.98. The highest BCUT2D eigenvalue weighted by atomic mass is 79.9. The molecule has 23 heavy (non-hydrogen) atoms. The van der Waals surface area contributed by atoms with E-state index in [1.165, 1.54) is 22.4 Å². The Morgan fingerprint density at radius 2 is 2.00 bits per heavy atom. The number of nitrogens with zero attached hydrogens (tertiary/aromatic N) is 1. The Hall–Kier alpha value is -0.520. The third-order valence-electron chi connectivity index (χ3n) is 5.32. The molecule has 1 aromatic carbocycles. The van der Waals surface area contributed by atoms with E-state index in [1.807, 2.05) is 0 Å². The maximum atomic E-state index is 12.5. The van der Waals surface area contributed by atoms with Crippen LogP contribution in [0.1, 0.15) is 30.4 Å². The van der Waals surface area contributed by atoms with E-state index in [1.54, 1.807) is 11.8 Å². The number of halogens is 1. The smallest absolute Gasteiger partial charge is 0.232 e. The van der Waals surface area contributed by atoms with Crippen LogP contribution in [0.25, 0.3) is 0 Å². The van der Waals surface area contributed by atoms with Gasteiger partial charge in [-0.05, 0) is 68.3 Å². The van der Waals surface area contributed by atoms with Gasteiger partial charge in [-0.25, -0.2) is 0 Å². The van der Waals surface area contributed by atoms with Gasteiger partial charge >= 0.3 is 0 Å². The first-order valence-electron chi connectivity index (χ1n) is 8.37. The number of nitrogens with one attached hydrogen (secondary N) is 1. The summed E-state index contributed by atoms with van der Waals surface area (Å²) in [5.74, 6) is 0.837. The lowest BCUT2D eigenvalue weighted by Gasteiger charge is -2.38. The van der Waals surface area contributed by atoms with Gasteiger partial charge in [0.1, 0.15) is 0 Å². The molecule has 0 atom stereocenters. The highest BCUT2D eigenvalue weighted by Gasteiger charge is 2.37. The van der Waals surface area contributed by atoms with Crippen molar-refractivity contribution < 1.29 is 4.79 Å². The second-order valence-electron chi connectivity index (χ2n) is 6.96. The van der Waals surface area contributed by atoms with Crippen molar-refractivity contribution in [1.82, 2.24) is 10.2 Å². The first-order valence-corrected chi connectivity index (χ1v) is 10.2. The fourth-order valence-electron chi connectivity index (χ4n) is 3.59. The molecule has 126 valence electrons. The van der Waals surface area contributed by atoms with Gasteiger partial charge in [0.15, 0.2) is 0 Å². The number of amides is 1. The number of piperidine rings is 1. The molecule has 3 nitrogen and oxygen atoms in total. The van der Waals surface area contributed by atoms with Crippen molar-refractivity contribution in [2.24, 2.45) is 5.41 Å². The number of hydrogen-bond donors (Lipinski definition) is 1. The van der Waals surface area contributed by atoms with Gasteiger partial charge in [0.2, 0.25) is 5.91 Å². The summed E-state index contributed by atoms with van der Waals surface area (Å²) < 4.78 is 1.14. The molecular formula is C18H25BrN2OS. The monoisotopic (exact) mass is 396 g/mol. The molecule has 0 unspecified atom stereocenters. The van der Waals surface area contributed by atoms with Crippen LogP contribution >= 0.6 is 27.7 Å². The molecule has 2 saturated heterocycles. The molecule has 0 bridgehead atoms. The number of benzene rings is 1. The van der Waals surface area contributed by atoms with Crippen LogP contribution in [0.2, 0.25) is 0 Å². The average molecular weight is 397 g/mol. The number of aryl methyl sites for hydroxylation is 2. The summed E-state index contributed by atoms with van der Waals surface area (Å²) in [6, 6.07) is 4.31. The molecule has 2 aliphatic rings. The quantitative estimate of drug-likeness (QED) is 0.789. The van der Waals surface area contributed by atoms with Gasteiger partial charge in [-0.15, -0.1) is 11.8 Å². The van der Waals surface area contributed by atoms with Crippen molar-refractivity contribution in [1.29, 1.82) is 0 Å². The predicted molar refractivity (Wildman–Crippen MR) is 100 cm³/mol. The third-order valence-corrected chi connectivity index (χ3v) is 7.31. The fourth-order valence-corrected chi connectivity index (χ4v) is 5.06. The summed E-state index contributed by atoms with van der Waals surface area (Å²) in [4.78, 5) is 15.8. The van der Waals surface area contributed by atoms with Gasteiger partial charge in [0.25, 0.3) is 0 Å². The molecule has 0 radical (unpaired) electrons. The lowest BCUT2D eigenvalue weighted by Crippen LogP contribution is -2.44. The topological polar surface area (TPSA) is 32.3 Å². The van der Waals surface area contributed by atoms with Crippen LogP contribution in [-0.4, -0.2) is 42.7 Å². The minimum Gasteiger partial charge on any atom is -0.342 e. The zero-order valence-electron chi connectivity index (χ0n) is 14.0. The van der Waals surface area contributed by atoms with E-state index in [4.69, 9.17) is 0 Å². The molecule has 1 aromatic rings. The molecule has 5 heteroatoms. The lowest BCUT2D eigenvalue weighted by molar-refractivity contribution is -0.130. The van der Waals surface area contributed by atoms with Crippen LogP contribution in [0.3, 0.4) is 0 Å². The number of hydrogen-bond acceptors (Lipinski definition) is 3. The highest BCUT2D eigenvalue weighted by Crippen LogP contribution is 2.37. The molecule has 0 saturated carbocycles. The molecule has 2 heterocycles. The van der Waals surface area contributed by atoms with Gasteiger partial charge in [0, 0.05) is 29.0 Å². The van der Waals surface area contributed by atoms with Crippen LogP contribution in [0.15, 0.2) is 21.5 Å². The highest BCUT2D eigenvalue weighted by molar-refractivity contribution is 9.10. The Balaban J connectivity index is 1.53. The molecule has 2 fully saturated rings. The first-order chi connectivity index (χ1) is 11.0. The van der Waals surface area contributed by atoms with E-state index in [0.717, 1.165) is 43.5 Å². The van der Waals surface area contributed by atoms with E-state index in [9.17, 15) is 4.79 Å². The minimum atomic E-state index is 0.288. The Morgan fingerprint density at radius 3 is 2.65 bits per heavy atom. The summed E-state index contributed by atoms with van der Waals surface area (Å²) in [5, 5.41) is 3.48. The van der Waals surface area contributed by atoms with Crippen molar-refractivity contribution in [3.05, 3.63) is 27.7 Å². The Kier molecular flexibility index (Phi) is 5.39. The number of rotatable bonds is 3. The second-order valence-corrected chi connectivity index (χ2v) is 8.83.